The molecule has 0 aliphatic rings. The minimum atomic E-state index is -4.25. The van der Waals surface area contributed by atoms with Gasteiger partial charge in [-0.1, -0.05) is 0 Å². The summed E-state index contributed by atoms with van der Waals surface area (Å²) in [5.74, 6) is -0.141. The molecule has 0 aliphatic carbocycles. The second-order valence-corrected chi connectivity index (χ2v) is 5.29. The Morgan fingerprint density at radius 2 is 1.48 bits per heavy atom. The molecule has 0 saturated heterocycles. The Balaban J connectivity index is 2.30. The number of nitrogens with two attached hydrogens (primary N) is 3. The highest BCUT2D eigenvalue weighted by atomic mass is 32.2. The van der Waals surface area contributed by atoms with Gasteiger partial charge in [0.25, 0.3) is 10.1 Å². The topological polar surface area (TPSA) is 183 Å². The fraction of sp³-hybridized carbons (Fsp3) is 0. The Morgan fingerprint density at radius 1 is 0.952 bits per heavy atom. The number of aromatic nitrogens is 2. The molecule has 21 heavy (non-hydrogen) atoms. The summed E-state index contributed by atoms with van der Waals surface area (Å²) in [5, 5.41) is 7.61. The molecular weight excluding hydrogens is 298 g/mol. The average molecular weight is 309 g/mol. The van der Waals surface area contributed by atoms with Crippen LogP contribution in [-0.2, 0) is 10.1 Å². The van der Waals surface area contributed by atoms with Gasteiger partial charge < -0.3 is 17.2 Å². The maximum atomic E-state index is 10.9. The predicted octanol–water partition coefficient (Wildman–Crippen LogP) is 0.885. The van der Waals surface area contributed by atoms with Crippen LogP contribution >= 0.6 is 0 Å². The molecule has 0 unspecified atom stereocenters. The van der Waals surface area contributed by atoms with E-state index in [0.717, 1.165) is 0 Å². The molecule has 0 saturated carbocycles. The molecule has 0 fully saturated rings. The summed E-state index contributed by atoms with van der Waals surface area (Å²) >= 11 is 0. The van der Waals surface area contributed by atoms with Crippen molar-refractivity contribution in [3.63, 3.8) is 0 Å². The number of nitrogens with zero attached hydrogens (tertiary/aromatic N) is 4. The van der Waals surface area contributed by atoms with Gasteiger partial charge in [0.05, 0.1) is 10.6 Å². The lowest BCUT2D eigenvalue weighted by Crippen LogP contribution is -2.03. The molecule has 10 nitrogen and oxygen atoms in total. The predicted molar refractivity (Wildman–Crippen MR) is 75.7 cm³/mol. The number of hydrogen-bond donors (Lipinski definition) is 4. The third-order valence-corrected chi connectivity index (χ3v) is 3.22. The first-order valence-electron chi connectivity index (χ1n) is 5.45. The van der Waals surface area contributed by atoms with E-state index < -0.39 is 10.1 Å². The summed E-state index contributed by atoms with van der Waals surface area (Å²) in [7, 11) is -4.25. The average Bonchev–Trinajstić information content (AvgIpc) is 2.37. The molecular formula is C10H11N7O3S. The van der Waals surface area contributed by atoms with Crippen molar-refractivity contribution in [2.45, 2.75) is 4.90 Å². The van der Waals surface area contributed by atoms with Crippen molar-refractivity contribution in [2.24, 2.45) is 10.2 Å². The monoisotopic (exact) mass is 309 g/mol. The van der Waals surface area contributed by atoms with Gasteiger partial charge in [-0.15, -0.1) is 5.11 Å². The van der Waals surface area contributed by atoms with Gasteiger partial charge in [-0.3, -0.25) is 4.55 Å². The van der Waals surface area contributed by atoms with E-state index in [-0.39, 0.29) is 28.2 Å². The van der Waals surface area contributed by atoms with Gasteiger partial charge in [-0.05, 0) is 24.3 Å². The molecule has 7 N–H and O–H groups in total. The first-order valence-corrected chi connectivity index (χ1v) is 6.89. The zero-order valence-corrected chi connectivity index (χ0v) is 11.3. The second-order valence-electron chi connectivity index (χ2n) is 3.87. The molecule has 0 radical (unpaired) electrons. The highest BCUT2D eigenvalue weighted by molar-refractivity contribution is 7.85. The van der Waals surface area contributed by atoms with Crippen LogP contribution < -0.4 is 17.2 Å². The summed E-state index contributed by atoms with van der Waals surface area (Å²) in [5.41, 5.74) is 16.9. The maximum Gasteiger partial charge on any atom is 0.294 e. The van der Waals surface area contributed by atoms with E-state index in [0.29, 0.717) is 5.69 Å². The molecule has 11 heteroatoms. The first-order chi connectivity index (χ1) is 9.77. The molecule has 0 aliphatic heterocycles. The van der Waals surface area contributed by atoms with Crippen molar-refractivity contribution in [2.75, 3.05) is 17.2 Å². The third-order valence-electron chi connectivity index (χ3n) is 2.36. The van der Waals surface area contributed by atoms with Crippen LogP contribution in [0.5, 0.6) is 0 Å². The first kappa shape index (κ1) is 14.6. The molecule has 0 amide bonds. The number of nitrogen functional groups attached to an aromatic ring is 3. The number of anilines is 3. The lowest BCUT2D eigenvalue weighted by Gasteiger charge is -2.02. The second kappa shape index (κ2) is 5.30. The van der Waals surface area contributed by atoms with Gasteiger partial charge in [0, 0.05) is 0 Å². The maximum absolute atomic E-state index is 10.9. The quantitative estimate of drug-likeness (QED) is 0.475. The zero-order valence-electron chi connectivity index (χ0n) is 10.5. The van der Waals surface area contributed by atoms with Crippen LogP contribution in [0.15, 0.2) is 39.4 Å². The Kier molecular flexibility index (Phi) is 3.69. The number of benzene rings is 1. The Morgan fingerprint density at radius 3 is 1.95 bits per heavy atom. The molecule has 1 heterocycles. The summed E-state index contributed by atoms with van der Waals surface area (Å²) < 4.78 is 30.6. The van der Waals surface area contributed by atoms with Crippen molar-refractivity contribution in [3.05, 3.63) is 24.3 Å². The molecule has 0 atom stereocenters. The minimum Gasteiger partial charge on any atom is -0.382 e. The lowest BCUT2D eigenvalue weighted by atomic mass is 10.3. The van der Waals surface area contributed by atoms with Crippen LogP contribution in [-0.4, -0.2) is 22.9 Å². The zero-order chi connectivity index (χ0) is 15.6. The molecule has 1 aromatic carbocycles. The Bertz CT molecular complexity index is 779. The number of rotatable bonds is 3. The van der Waals surface area contributed by atoms with Crippen molar-refractivity contribution < 1.29 is 13.0 Å². The van der Waals surface area contributed by atoms with Crippen LogP contribution in [0.1, 0.15) is 0 Å². The van der Waals surface area contributed by atoms with Gasteiger partial charge >= 0.3 is 0 Å². The molecule has 0 spiro atoms. The molecule has 0 bridgehead atoms. The highest BCUT2D eigenvalue weighted by Crippen LogP contribution is 2.28. The summed E-state index contributed by atoms with van der Waals surface area (Å²) in [4.78, 5) is 7.13. The van der Waals surface area contributed by atoms with Crippen molar-refractivity contribution >= 4 is 39.1 Å². The van der Waals surface area contributed by atoms with Crippen molar-refractivity contribution in [3.8, 4) is 0 Å². The van der Waals surface area contributed by atoms with Gasteiger partial charge in [0.15, 0.2) is 17.3 Å². The smallest absolute Gasteiger partial charge is 0.294 e. The fourth-order valence-electron chi connectivity index (χ4n) is 1.40. The van der Waals surface area contributed by atoms with Crippen LogP contribution in [0, 0.1) is 0 Å². The van der Waals surface area contributed by atoms with E-state index in [9.17, 15) is 8.42 Å². The summed E-state index contributed by atoms with van der Waals surface area (Å²) in [6.45, 7) is 0. The van der Waals surface area contributed by atoms with Gasteiger partial charge in [-0.2, -0.15) is 23.5 Å². The third kappa shape index (κ3) is 3.40. The van der Waals surface area contributed by atoms with Crippen LogP contribution in [0.2, 0.25) is 0 Å². The fourth-order valence-corrected chi connectivity index (χ4v) is 1.88. The van der Waals surface area contributed by atoms with Gasteiger partial charge in [0.1, 0.15) is 0 Å². The lowest BCUT2D eigenvalue weighted by molar-refractivity contribution is 0.483. The van der Waals surface area contributed by atoms with Gasteiger partial charge in [-0.25, -0.2) is 0 Å². The van der Waals surface area contributed by atoms with E-state index in [4.69, 9.17) is 21.8 Å². The Labute approximate surface area is 119 Å². The van der Waals surface area contributed by atoms with Gasteiger partial charge in [0.2, 0.25) is 5.95 Å². The minimum absolute atomic E-state index is 0.0293. The number of azo groups is 1. The van der Waals surface area contributed by atoms with E-state index in [1.54, 1.807) is 0 Å². The normalized spacial score (nSPS) is 11.9. The van der Waals surface area contributed by atoms with E-state index >= 15 is 0 Å². The van der Waals surface area contributed by atoms with Crippen molar-refractivity contribution in [1.29, 1.82) is 0 Å². The Hall–Kier alpha value is -2.79. The largest absolute Gasteiger partial charge is 0.382 e. The molecule has 2 aromatic rings. The van der Waals surface area contributed by atoms with Crippen LogP contribution in [0.25, 0.3) is 0 Å². The highest BCUT2D eigenvalue weighted by Gasteiger charge is 2.09. The summed E-state index contributed by atoms with van der Waals surface area (Å²) in [6, 6.07) is 5.04. The van der Waals surface area contributed by atoms with Crippen LogP contribution in [0.3, 0.4) is 0 Å². The van der Waals surface area contributed by atoms with Crippen LogP contribution in [0.4, 0.5) is 29.0 Å². The van der Waals surface area contributed by atoms with Crippen molar-refractivity contribution in [1.82, 2.24) is 9.97 Å². The standard InChI is InChI=1S/C10H11N7O3S/c11-8-7(9(12)15-10(13)14-8)17-16-5-1-3-6(4-2-5)21(18,19)20/h1-4H,(H,18,19,20)(H6,11,12,13,14,15)/b17-16+. The molecule has 2 rings (SSSR count). The summed E-state index contributed by atoms with van der Waals surface area (Å²) in [6.07, 6.45) is 0. The molecule has 1 aromatic heterocycles. The van der Waals surface area contributed by atoms with E-state index in [1.165, 1.54) is 24.3 Å². The molecule has 110 valence electrons. The number of hydrogen-bond acceptors (Lipinski definition) is 9. The SMILES string of the molecule is Nc1nc(N)c(/N=N/c2ccc(S(=O)(=O)O)cc2)c(N)n1. The van der Waals surface area contributed by atoms with E-state index in [1.807, 2.05) is 0 Å². The van der Waals surface area contributed by atoms with E-state index in [2.05, 4.69) is 20.2 Å².